The fraction of sp³-hybridized carbons (Fsp3) is 0.618. The molecule has 4 atom stereocenters. The number of alkyl halides is 7. The van der Waals surface area contributed by atoms with Crippen molar-refractivity contribution in [3.8, 4) is 0 Å². The fourth-order valence-electron chi connectivity index (χ4n) is 9.38. The average Bonchev–Trinajstić information content (AvgIpc) is 3.65. The number of sulfone groups is 1. The number of amides is 1. The van der Waals surface area contributed by atoms with E-state index >= 15 is 4.39 Å². The van der Waals surface area contributed by atoms with Gasteiger partial charge in [0.05, 0.1) is 10.9 Å². The van der Waals surface area contributed by atoms with E-state index < -0.39 is 55.9 Å². The van der Waals surface area contributed by atoms with Crippen LogP contribution in [0.15, 0.2) is 41.3 Å². The number of hydrogen-bond acceptors (Lipinski definition) is 5. The molecule has 262 valence electrons. The lowest BCUT2D eigenvalue weighted by Gasteiger charge is -2.54. The molecule has 5 fully saturated rings. The summed E-state index contributed by atoms with van der Waals surface area (Å²) in [5.74, 6) is -0.202. The lowest BCUT2D eigenvalue weighted by molar-refractivity contribution is -0.348. The van der Waals surface area contributed by atoms with Crippen molar-refractivity contribution >= 4 is 15.7 Å². The highest BCUT2D eigenvalue weighted by molar-refractivity contribution is 7.92. The highest BCUT2D eigenvalue weighted by Gasteiger charge is 2.74. The van der Waals surface area contributed by atoms with E-state index in [0.717, 1.165) is 11.6 Å². The van der Waals surface area contributed by atoms with Crippen LogP contribution < -0.4 is 0 Å². The third kappa shape index (κ3) is 4.42. The Kier molecular flexibility index (Phi) is 7.32. The van der Waals surface area contributed by atoms with Crippen LogP contribution in [0.25, 0.3) is 0 Å². The van der Waals surface area contributed by atoms with Crippen molar-refractivity contribution in [2.45, 2.75) is 118 Å². The van der Waals surface area contributed by atoms with Gasteiger partial charge < -0.3 is 14.7 Å². The molecule has 14 heteroatoms. The van der Waals surface area contributed by atoms with Crippen LogP contribution in [0.1, 0.15) is 79.2 Å². The summed E-state index contributed by atoms with van der Waals surface area (Å²) >= 11 is 0. The van der Waals surface area contributed by atoms with Gasteiger partial charge in [0.2, 0.25) is 5.91 Å². The van der Waals surface area contributed by atoms with Crippen LogP contribution in [0, 0.1) is 24.7 Å². The summed E-state index contributed by atoms with van der Waals surface area (Å²) in [4.78, 5) is 16.1. The molecular formula is C34H36F7NO5S. The Bertz CT molecular complexity index is 1750. The van der Waals surface area contributed by atoms with Crippen LogP contribution in [-0.2, 0) is 36.2 Å². The summed E-state index contributed by atoms with van der Waals surface area (Å²) in [5, 5.41) is 9.93. The van der Waals surface area contributed by atoms with Crippen LogP contribution >= 0.6 is 0 Å². The highest BCUT2D eigenvalue weighted by atomic mass is 32.2. The van der Waals surface area contributed by atoms with Gasteiger partial charge in [0.15, 0.2) is 16.1 Å². The Balaban J connectivity index is 1.32. The fourth-order valence-corrected chi connectivity index (χ4v) is 11.8. The topological polar surface area (TPSA) is 87.2 Å². The molecule has 4 unspecified atom stereocenters. The molecule has 2 aromatic rings. The molecule has 1 amide bonds. The van der Waals surface area contributed by atoms with Crippen LogP contribution in [0.3, 0.4) is 0 Å². The quantitative estimate of drug-likeness (QED) is 0.272. The number of carbonyl (C=O) groups excluding carboxylic acids is 1. The molecule has 2 heterocycles. The zero-order chi connectivity index (χ0) is 34.9. The molecule has 2 aliphatic heterocycles. The predicted octanol–water partition coefficient (Wildman–Crippen LogP) is 6.87. The predicted molar refractivity (Wildman–Crippen MR) is 158 cm³/mol. The van der Waals surface area contributed by atoms with Crippen molar-refractivity contribution in [2.75, 3.05) is 6.54 Å². The minimum atomic E-state index is -6.32. The number of hydrogen-bond donors (Lipinski definition) is 1. The number of aliphatic hydroxyl groups is 1. The van der Waals surface area contributed by atoms with Gasteiger partial charge in [-0.3, -0.25) is 4.79 Å². The molecule has 3 saturated carbocycles. The van der Waals surface area contributed by atoms with E-state index in [-0.39, 0.29) is 59.3 Å². The molecule has 8 rings (SSSR count). The van der Waals surface area contributed by atoms with E-state index in [4.69, 9.17) is 4.74 Å². The molecule has 0 aromatic heterocycles. The van der Waals surface area contributed by atoms with E-state index in [0.29, 0.717) is 56.2 Å². The van der Waals surface area contributed by atoms with E-state index in [1.807, 2.05) is 0 Å². The van der Waals surface area contributed by atoms with Crippen LogP contribution in [0.5, 0.6) is 0 Å². The van der Waals surface area contributed by atoms with Crippen molar-refractivity contribution in [1.29, 1.82) is 0 Å². The highest BCUT2D eigenvalue weighted by Crippen LogP contribution is 2.64. The largest absolute Gasteiger partial charge is 0.435 e. The number of aryl methyl sites for hydroxylation is 3. The molecule has 0 spiro atoms. The van der Waals surface area contributed by atoms with Crippen LogP contribution in [0.2, 0.25) is 0 Å². The Labute approximate surface area is 273 Å². The molecule has 6 aliphatic rings. The van der Waals surface area contributed by atoms with Crippen molar-refractivity contribution in [2.24, 2.45) is 10.8 Å². The first kappa shape index (κ1) is 33.8. The second-order valence-corrected chi connectivity index (χ2v) is 16.8. The summed E-state index contributed by atoms with van der Waals surface area (Å²) in [5.41, 5.74) is -6.94. The Morgan fingerprint density at radius 1 is 0.875 bits per heavy atom. The lowest BCUT2D eigenvalue weighted by Crippen LogP contribution is -2.57. The van der Waals surface area contributed by atoms with Gasteiger partial charge in [-0.1, -0.05) is 24.3 Å². The molecule has 4 aliphatic carbocycles. The third-order valence-corrected chi connectivity index (χ3v) is 15.0. The number of rotatable bonds is 5. The van der Waals surface area contributed by atoms with Crippen molar-refractivity contribution in [3.05, 3.63) is 64.2 Å². The van der Waals surface area contributed by atoms with Crippen LogP contribution in [0.4, 0.5) is 30.7 Å². The molecule has 48 heavy (non-hydrogen) atoms. The molecule has 1 N–H and O–H groups in total. The van der Waals surface area contributed by atoms with Gasteiger partial charge in [-0.05, 0) is 106 Å². The van der Waals surface area contributed by atoms with E-state index in [1.54, 1.807) is 24.8 Å². The number of epoxide rings is 1. The monoisotopic (exact) mass is 703 g/mol. The zero-order valence-corrected chi connectivity index (χ0v) is 27.2. The van der Waals surface area contributed by atoms with Crippen molar-refractivity contribution in [3.63, 3.8) is 0 Å². The number of benzene rings is 2. The zero-order valence-electron chi connectivity index (χ0n) is 26.3. The number of aliphatic hydroxyl groups excluding tert-OH is 1. The van der Waals surface area contributed by atoms with Gasteiger partial charge in [0.1, 0.15) is 10.9 Å². The van der Waals surface area contributed by atoms with Crippen LogP contribution in [-0.4, -0.2) is 61.7 Å². The van der Waals surface area contributed by atoms with Crippen molar-refractivity contribution < 1.29 is 53.8 Å². The standard InChI is InChI=1S/C34H36F7NO5S/c1-19-3-6-23(17-20(19)2)48(45,46)31-15-16-42(28(44)30-12-9-29(10-13-30,11-14-30)26-27(43)47-26)25(31)8-4-21-18-22(5-7-24(21)31)32(35,33(36,37)38)34(39,40)41/h3,5-7,17-18,25-27,43H,4,8-16H2,1-2H3. The molecule has 0 radical (unpaired) electrons. The van der Waals surface area contributed by atoms with E-state index in [1.165, 1.54) is 12.1 Å². The Hall–Kier alpha value is -2.71. The summed E-state index contributed by atoms with van der Waals surface area (Å²) in [7, 11) is -4.43. The number of likely N-dealkylation sites (tertiary alicyclic amines) is 1. The van der Waals surface area contributed by atoms with Gasteiger partial charge >= 0.3 is 18.0 Å². The van der Waals surface area contributed by atoms with Gasteiger partial charge in [-0.25, -0.2) is 12.8 Å². The molecule has 2 saturated heterocycles. The normalized spacial score (nSPS) is 33.4. The summed E-state index contributed by atoms with van der Waals surface area (Å²) in [6, 6.07) is 5.36. The summed E-state index contributed by atoms with van der Waals surface area (Å²) < 4.78 is 131. The second-order valence-electron chi connectivity index (χ2n) is 14.6. The third-order valence-electron chi connectivity index (χ3n) is 12.4. The lowest BCUT2D eigenvalue weighted by atomic mass is 9.52. The van der Waals surface area contributed by atoms with Gasteiger partial charge in [-0.2, -0.15) is 26.3 Å². The average molecular weight is 704 g/mol. The summed E-state index contributed by atoms with van der Waals surface area (Å²) in [6.45, 7) is 3.54. The Morgan fingerprint density at radius 2 is 1.48 bits per heavy atom. The molecule has 2 bridgehead atoms. The molecule has 2 aromatic carbocycles. The van der Waals surface area contributed by atoms with Crippen molar-refractivity contribution in [1.82, 2.24) is 4.90 Å². The maximum atomic E-state index is 15.2. The van der Waals surface area contributed by atoms with E-state index in [9.17, 15) is 44.7 Å². The number of fused-ring (bicyclic) bond motifs is 6. The number of nitrogens with zero attached hydrogens (tertiary/aromatic N) is 1. The smallest absolute Gasteiger partial charge is 0.366 e. The van der Waals surface area contributed by atoms with Gasteiger partial charge in [0, 0.05) is 22.9 Å². The first-order chi connectivity index (χ1) is 22.2. The minimum Gasteiger partial charge on any atom is -0.366 e. The van der Waals surface area contributed by atoms with E-state index in [2.05, 4.69) is 0 Å². The summed E-state index contributed by atoms with van der Waals surface area (Å²) in [6.07, 6.45) is -10.4. The SMILES string of the molecule is Cc1ccc(S(=O)(=O)C23CCN(C(=O)C45CCC(C6OC6O)(CC4)CC5)C2CCc2cc(C(F)(C(F)(F)F)C(F)(F)F)ccc23)cc1C. The minimum absolute atomic E-state index is 0.00796. The maximum Gasteiger partial charge on any atom is 0.435 e. The van der Waals surface area contributed by atoms with Gasteiger partial charge in [-0.15, -0.1) is 0 Å². The first-order valence-corrected chi connectivity index (χ1v) is 17.7. The molecular weight excluding hydrogens is 667 g/mol. The Morgan fingerprint density at radius 3 is 2.02 bits per heavy atom. The maximum absolute atomic E-state index is 15.2. The second kappa shape index (κ2) is 10.4. The number of halogens is 7. The molecule has 6 nitrogen and oxygen atoms in total. The number of carbonyl (C=O) groups is 1. The first-order valence-electron chi connectivity index (χ1n) is 16.2. The van der Waals surface area contributed by atoms with Gasteiger partial charge in [0.25, 0.3) is 0 Å². The number of ether oxygens (including phenoxy) is 1.